The molecular formula is C5H6O4S2. The predicted octanol–water partition coefficient (Wildman–Crippen LogP) is 0.892. The van der Waals surface area contributed by atoms with E-state index in [-0.39, 0.29) is 0 Å². The van der Waals surface area contributed by atoms with Crippen LogP contribution in [-0.2, 0) is 15.5 Å². The third-order valence-corrected chi connectivity index (χ3v) is 2.05. The zero-order chi connectivity index (χ0) is 8.27. The van der Waals surface area contributed by atoms with Crippen molar-refractivity contribution in [3.63, 3.8) is 0 Å². The molecule has 0 amide bonds. The molecule has 0 aromatic carbocycles. The van der Waals surface area contributed by atoms with Crippen molar-refractivity contribution in [2.24, 2.45) is 0 Å². The summed E-state index contributed by atoms with van der Waals surface area (Å²) < 4.78 is 22.4. The van der Waals surface area contributed by atoms with Crippen LogP contribution >= 0.6 is 11.3 Å². The van der Waals surface area contributed by atoms with Gasteiger partial charge in [-0.1, -0.05) is 0 Å². The molecule has 1 aromatic rings. The zero-order valence-corrected chi connectivity index (χ0v) is 6.97. The largest absolute Gasteiger partial charge is 0.363 e. The second kappa shape index (κ2) is 3.93. The molecule has 0 aliphatic rings. The molecule has 0 bridgehead atoms. The smallest absolute Gasteiger partial charge is 0.304 e. The van der Waals surface area contributed by atoms with Crippen molar-refractivity contribution in [1.82, 2.24) is 0 Å². The van der Waals surface area contributed by atoms with Gasteiger partial charge in [-0.25, -0.2) is 4.18 Å². The van der Waals surface area contributed by atoms with Crippen LogP contribution in [0.1, 0.15) is 11.9 Å². The molecule has 6 heteroatoms. The lowest BCUT2D eigenvalue weighted by molar-refractivity contribution is -0.0146. The van der Waals surface area contributed by atoms with Gasteiger partial charge in [-0.2, -0.15) is 15.5 Å². The lowest BCUT2D eigenvalue weighted by Crippen LogP contribution is -2.03. The summed E-state index contributed by atoms with van der Waals surface area (Å²) >= 11 is -1.05. The number of hydrogen-bond donors (Lipinski definition) is 2. The quantitative estimate of drug-likeness (QED) is 0.554. The Labute approximate surface area is 69.9 Å². The first kappa shape index (κ1) is 8.82. The molecule has 2 atom stereocenters. The van der Waals surface area contributed by atoms with E-state index in [1.165, 1.54) is 11.3 Å². The molecule has 11 heavy (non-hydrogen) atoms. The van der Waals surface area contributed by atoms with Crippen molar-refractivity contribution in [1.29, 1.82) is 0 Å². The Morgan fingerprint density at radius 2 is 2.45 bits per heavy atom. The fourth-order valence-corrected chi connectivity index (χ4v) is 1.48. The second-order valence-corrected chi connectivity index (χ2v) is 3.13. The molecule has 1 aromatic heterocycles. The Balaban J connectivity index is 2.56. The Kier molecular flexibility index (Phi) is 3.16. The van der Waals surface area contributed by atoms with E-state index in [0.717, 1.165) is 0 Å². The predicted molar refractivity (Wildman–Crippen MR) is 41.1 cm³/mol. The van der Waals surface area contributed by atoms with Crippen LogP contribution in [0.2, 0.25) is 0 Å². The molecule has 0 spiro atoms. The van der Waals surface area contributed by atoms with E-state index in [1.54, 1.807) is 16.8 Å². The van der Waals surface area contributed by atoms with Crippen LogP contribution < -0.4 is 0 Å². The van der Waals surface area contributed by atoms with Gasteiger partial charge >= 0.3 is 11.4 Å². The van der Waals surface area contributed by atoms with Crippen molar-refractivity contribution in [3.8, 4) is 0 Å². The molecule has 0 saturated carbocycles. The maximum atomic E-state index is 10.0. The maximum Gasteiger partial charge on any atom is 0.304 e. The lowest BCUT2D eigenvalue weighted by Gasteiger charge is -2.04. The van der Waals surface area contributed by atoms with E-state index in [1.807, 2.05) is 0 Å². The minimum Gasteiger partial charge on any atom is -0.363 e. The molecule has 1 rings (SSSR count). The van der Waals surface area contributed by atoms with Gasteiger partial charge in [0.05, 0.1) is 0 Å². The molecule has 0 saturated heterocycles. The summed E-state index contributed by atoms with van der Waals surface area (Å²) in [7, 11) is 0. The number of aliphatic hydroxyl groups excluding tert-OH is 1. The van der Waals surface area contributed by atoms with Crippen LogP contribution in [0.4, 0.5) is 0 Å². The standard InChI is InChI=1S/C5H6O4S2/c6-5(9-11(7)8)4-1-2-10-3-4/h1-3,5-6H,(H,7,8). The number of thiophene rings is 1. The van der Waals surface area contributed by atoms with Crippen LogP contribution in [0.5, 0.6) is 0 Å². The Bertz CT molecular complexity index is 233. The van der Waals surface area contributed by atoms with Crippen molar-refractivity contribution in [2.45, 2.75) is 6.29 Å². The van der Waals surface area contributed by atoms with E-state index in [2.05, 4.69) is 4.18 Å². The molecule has 0 aliphatic heterocycles. The Morgan fingerprint density at radius 3 is 2.91 bits per heavy atom. The van der Waals surface area contributed by atoms with Crippen molar-refractivity contribution < 1.29 is 18.1 Å². The SMILES string of the molecule is O=S(O)OC(O)c1ccsc1. The topological polar surface area (TPSA) is 66.8 Å². The lowest BCUT2D eigenvalue weighted by atomic mass is 10.3. The maximum absolute atomic E-state index is 10.0. The number of rotatable bonds is 3. The summed E-state index contributed by atoms with van der Waals surface area (Å²) in [5.74, 6) is 0. The van der Waals surface area contributed by atoms with Gasteiger partial charge in [0.15, 0.2) is 6.29 Å². The van der Waals surface area contributed by atoms with Crippen LogP contribution in [0.15, 0.2) is 16.8 Å². The average Bonchev–Trinajstić information content (AvgIpc) is 2.35. The van der Waals surface area contributed by atoms with E-state index >= 15 is 0 Å². The van der Waals surface area contributed by atoms with Crippen molar-refractivity contribution in [2.75, 3.05) is 0 Å². The highest BCUT2D eigenvalue weighted by Gasteiger charge is 2.10. The van der Waals surface area contributed by atoms with E-state index in [4.69, 9.17) is 9.66 Å². The summed E-state index contributed by atoms with van der Waals surface area (Å²) in [4.78, 5) is 0. The van der Waals surface area contributed by atoms with Gasteiger partial charge < -0.3 is 5.11 Å². The van der Waals surface area contributed by atoms with Gasteiger partial charge in [0.25, 0.3) is 0 Å². The Morgan fingerprint density at radius 1 is 1.73 bits per heavy atom. The molecule has 1 heterocycles. The number of aliphatic hydroxyl groups is 1. The van der Waals surface area contributed by atoms with Gasteiger partial charge in [0.1, 0.15) is 0 Å². The highest BCUT2D eigenvalue weighted by Crippen LogP contribution is 2.17. The van der Waals surface area contributed by atoms with Crippen LogP contribution in [0.25, 0.3) is 0 Å². The van der Waals surface area contributed by atoms with Crippen molar-refractivity contribution in [3.05, 3.63) is 22.4 Å². The average molecular weight is 194 g/mol. The van der Waals surface area contributed by atoms with Gasteiger partial charge in [0.2, 0.25) is 0 Å². The molecule has 2 unspecified atom stereocenters. The van der Waals surface area contributed by atoms with E-state index < -0.39 is 17.7 Å². The first-order valence-corrected chi connectivity index (χ1v) is 4.66. The number of hydrogen-bond acceptors (Lipinski definition) is 4. The van der Waals surface area contributed by atoms with Crippen LogP contribution in [0.3, 0.4) is 0 Å². The first-order chi connectivity index (χ1) is 5.20. The van der Waals surface area contributed by atoms with Crippen LogP contribution in [-0.4, -0.2) is 13.9 Å². The summed E-state index contributed by atoms with van der Waals surface area (Å²) in [6.07, 6.45) is -1.31. The summed E-state index contributed by atoms with van der Waals surface area (Å²) in [5.41, 5.74) is 0.484. The first-order valence-electron chi connectivity index (χ1n) is 2.68. The molecule has 0 aliphatic carbocycles. The molecule has 0 radical (unpaired) electrons. The Hall–Kier alpha value is -0.270. The van der Waals surface area contributed by atoms with Gasteiger partial charge in [0, 0.05) is 5.56 Å². The molecule has 0 fully saturated rings. The molecule has 2 N–H and O–H groups in total. The molecule has 4 nitrogen and oxygen atoms in total. The molecular weight excluding hydrogens is 188 g/mol. The highest BCUT2D eigenvalue weighted by atomic mass is 32.2. The molecule has 62 valence electrons. The van der Waals surface area contributed by atoms with Gasteiger partial charge in [-0.15, -0.1) is 0 Å². The minimum absolute atomic E-state index is 0.484. The summed E-state index contributed by atoms with van der Waals surface area (Å²) in [6, 6.07) is 1.61. The van der Waals surface area contributed by atoms with E-state index in [9.17, 15) is 4.21 Å². The second-order valence-electron chi connectivity index (χ2n) is 1.72. The van der Waals surface area contributed by atoms with Gasteiger partial charge in [-0.05, 0) is 16.8 Å². The van der Waals surface area contributed by atoms with Crippen molar-refractivity contribution >= 4 is 22.7 Å². The summed E-state index contributed by atoms with van der Waals surface area (Å²) in [6.45, 7) is 0. The fourth-order valence-electron chi connectivity index (χ4n) is 0.549. The highest BCUT2D eigenvalue weighted by molar-refractivity contribution is 7.74. The third-order valence-electron chi connectivity index (χ3n) is 1.00. The van der Waals surface area contributed by atoms with Crippen LogP contribution in [0, 0.1) is 0 Å². The monoisotopic (exact) mass is 194 g/mol. The van der Waals surface area contributed by atoms with E-state index in [0.29, 0.717) is 5.56 Å². The zero-order valence-electron chi connectivity index (χ0n) is 5.34. The fraction of sp³-hybridized carbons (Fsp3) is 0.200. The summed E-state index contributed by atoms with van der Waals surface area (Å²) in [5, 5.41) is 12.4. The normalized spacial score (nSPS) is 16.2. The van der Waals surface area contributed by atoms with Gasteiger partial charge in [-0.3, -0.25) is 4.55 Å². The minimum atomic E-state index is -2.43. The third kappa shape index (κ3) is 2.68.